The van der Waals surface area contributed by atoms with E-state index in [1.807, 2.05) is 30.3 Å². The van der Waals surface area contributed by atoms with Crippen molar-refractivity contribution >= 4 is 5.91 Å². The first kappa shape index (κ1) is 16.1. The Labute approximate surface area is 145 Å². The van der Waals surface area contributed by atoms with E-state index >= 15 is 0 Å². The van der Waals surface area contributed by atoms with Crippen LogP contribution < -0.4 is 4.74 Å². The van der Waals surface area contributed by atoms with Crippen LogP contribution in [-0.4, -0.2) is 44.9 Å². The van der Waals surface area contributed by atoms with Crippen LogP contribution in [0.1, 0.15) is 30.0 Å². The van der Waals surface area contributed by atoms with Gasteiger partial charge in [0.25, 0.3) is 0 Å². The Morgan fingerprint density at radius 3 is 3.00 bits per heavy atom. The van der Waals surface area contributed by atoms with E-state index in [-0.39, 0.29) is 17.7 Å². The smallest absolute Gasteiger partial charge is 0.226 e. The molecule has 0 aromatic carbocycles. The van der Waals surface area contributed by atoms with E-state index in [0.29, 0.717) is 38.3 Å². The number of aryl methyl sites for hydroxylation is 1. The molecular weight excluding hydrogens is 323 g/mol. The van der Waals surface area contributed by atoms with Crippen molar-refractivity contribution in [2.45, 2.75) is 31.5 Å². The van der Waals surface area contributed by atoms with Crippen molar-refractivity contribution in [3.05, 3.63) is 42.0 Å². The predicted octanol–water partition coefficient (Wildman–Crippen LogP) is 2.07. The summed E-state index contributed by atoms with van der Waals surface area (Å²) in [6.07, 6.45) is 5.20. The summed E-state index contributed by atoms with van der Waals surface area (Å²) in [6.45, 7) is 1.52. The number of aromatic nitrogens is 3. The number of nitrogens with zero attached hydrogens (tertiary/aromatic N) is 4. The summed E-state index contributed by atoms with van der Waals surface area (Å²) in [6, 6.07) is 3.68. The third-order valence-corrected chi connectivity index (χ3v) is 4.95. The summed E-state index contributed by atoms with van der Waals surface area (Å²) in [5.41, 5.74) is 2.02. The fraction of sp³-hybridized carbons (Fsp3) is 0.500. The van der Waals surface area contributed by atoms with Crippen LogP contribution in [0.15, 0.2) is 30.7 Å². The number of carbonyl (C=O) groups excluding carboxylic acids is 1. The van der Waals surface area contributed by atoms with Gasteiger partial charge in [0.2, 0.25) is 5.91 Å². The van der Waals surface area contributed by atoms with Gasteiger partial charge in [-0.05, 0) is 25.0 Å². The fourth-order valence-corrected chi connectivity index (χ4v) is 3.58. The fourth-order valence-electron chi connectivity index (χ4n) is 3.58. The summed E-state index contributed by atoms with van der Waals surface area (Å²) in [5.74, 6) is 0.570. The molecule has 1 fully saturated rings. The van der Waals surface area contributed by atoms with E-state index in [2.05, 4.69) is 10.1 Å². The number of pyridine rings is 1. The van der Waals surface area contributed by atoms with Gasteiger partial charge in [-0.25, -0.2) is 4.39 Å². The molecular formula is C18H21FN4O2. The Morgan fingerprint density at radius 1 is 1.44 bits per heavy atom. The first-order valence-electron chi connectivity index (χ1n) is 8.58. The van der Waals surface area contributed by atoms with Crippen LogP contribution >= 0.6 is 0 Å². The monoisotopic (exact) mass is 344 g/mol. The highest BCUT2D eigenvalue weighted by Crippen LogP contribution is 2.35. The lowest BCUT2D eigenvalue weighted by molar-refractivity contribution is -0.141. The Hall–Kier alpha value is -2.44. The zero-order chi connectivity index (χ0) is 17.4. The second kappa shape index (κ2) is 6.46. The molecule has 2 aromatic heterocycles. The van der Waals surface area contributed by atoms with Gasteiger partial charge in [-0.1, -0.05) is 0 Å². The second-order valence-electron chi connectivity index (χ2n) is 6.89. The van der Waals surface area contributed by atoms with Gasteiger partial charge >= 0.3 is 0 Å². The van der Waals surface area contributed by atoms with Crippen molar-refractivity contribution in [1.82, 2.24) is 19.7 Å². The number of halogens is 1. The topological polar surface area (TPSA) is 60.2 Å². The third-order valence-electron chi connectivity index (χ3n) is 4.95. The molecule has 1 aliphatic heterocycles. The zero-order valence-corrected chi connectivity index (χ0v) is 14.1. The van der Waals surface area contributed by atoms with Crippen molar-refractivity contribution in [3.63, 3.8) is 0 Å². The minimum Gasteiger partial charge on any atom is -0.491 e. The SMILES string of the molecule is Cn1cc2c(n1)[C@H](COc1cccnc1)CN(C(=O)C1CC(F)C1)C2. The number of hydrogen-bond donors (Lipinski definition) is 0. The molecule has 3 heterocycles. The average Bonchev–Trinajstić information content (AvgIpc) is 2.97. The first-order valence-corrected chi connectivity index (χ1v) is 8.58. The number of alkyl halides is 1. The molecule has 0 N–H and O–H groups in total. The Morgan fingerprint density at radius 2 is 2.28 bits per heavy atom. The van der Waals surface area contributed by atoms with Crippen molar-refractivity contribution in [2.24, 2.45) is 13.0 Å². The maximum Gasteiger partial charge on any atom is 0.226 e. The number of amides is 1. The van der Waals surface area contributed by atoms with Gasteiger partial charge in [0.1, 0.15) is 11.9 Å². The summed E-state index contributed by atoms with van der Waals surface area (Å²) in [4.78, 5) is 18.5. The van der Waals surface area contributed by atoms with E-state index in [1.165, 1.54) is 0 Å². The van der Waals surface area contributed by atoms with Gasteiger partial charge in [-0.3, -0.25) is 14.5 Å². The van der Waals surface area contributed by atoms with Gasteiger partial charge in [-0.2, -0.15) is 5.10 Å². The summed E-state index contributed by atoms with van der Waals surface area (Å²) in [7, 11) is 1.88. The van der Waals surface area contributed by atoms with Crippen LogP contribution in [0, 0.1) is 5.92 Å². The van der Waals surface area contributed by atoms with Crippen molar-refractivity contribution in [3.8, 4) is 5.75 Å². The molecule has 4 rings (SSSR count). The molecule has 2 aliphatic rings. The largest absolute Gasteiger partial charge is 0.491 e. The van der Waals surface area contributed by atoms with E-state index in [4.69, 9.17) is 4.74 Å². The lowest BCUT2D eigenvalue weighted by atomic mass is 9.81. The van der Waals surface area contributed by atoms with Crippen molar-refractivity contribution < 1.29 is 13.9 Å². The summed E-state index contributed by atoms with van der Waals surface area (Å²) < 4.78 is 20.7. The number of carbonyl (C=O) groups is 1. The van der Waals surface area contributed by atoms with Crippen LogP contribution in [0.25, 0.3) is 0 Å². The molecule has 7 heteroatoms. The third kappa shape index (κ3) is 3.23. The van der Waals surface area contributed by atoms with Crippen LogP contribution in [0.2, 0.25) is 0 Å². The molecule has 0 radical (unpaired) electrons. The Kier molecular flexibility index (Phi) is 4.15. The molecule has 25 heavy (non-hydrogen) atoms. The summed E-state index contributed by atoms with van der Waals surface area (Å²) in [5, 5.41) is 4.55. The van der Waals surface area contributed by atoms with Gasteiger partial charge in [0.15, 0.2) is 0 Å². The number of ether oxygens (including phenoxy) is 1. The van der Waals surface area contributed by atoms with E-state index in [1.54, 1.807) is 17.1 Å². The first-order chi connectivity index (χ1) is 12.1. The highest BCUT2D eigenvalue weighted by atomic mass is 19.1. The highest BCUT2D eigenvalue weighted by Gasteiger charge is 2.40. The maximum absolute atomic E-state index is 13.1. The average molecular weight is 344 g/mol. The van der Waals surface area contributed by atoms with Crippen LogP contribution in [-0.2, 0) is 18.4 Å². The molecule has 1 saturated carbocycles. The molecule has 0 unspecified atom stereocenters. The predicted molar refractivity (Wildman–Crippen MR) is 88.7 cm³/mol. The number of rotatable bonds is 4. The van der Waals surface area contributed by atoms with E-state index < -0.39 is 6.17 Å². The van der Waals surface area contributed by atoms with Crippen LogP contribution in [0.5, 0.6) is 5.75 Å². The lowest BCUT2D eigenvalue weighted by Gasteiger charge is -2.37. The van der Waals surface area contributed by atoms with Crippen LogP contribution in [0.3, 0.4) is 0 Å². The summed E-state index contributed by atoms with van der Waals surface area (Å²) >= 11 is 0. The molecule has 1 aliphatic carbocycles. The van der Waals surface area contributed by atoms with Gasteiger partial charge in [0.05, 0.1) is 24.4 Å². The second-order valence-corrected chi connectivity index (χ2v) is 6.89. The molecule has 6 nitrogen and oxygen atoms in total. The van der Waals surface area contributed by atoms with E-state index in [9.17, 15) is 9.18 Å². The highest BCUT2D eigenvalue weighted by molar-refractivity contribution is 5.80. The lowest BCUT2D eigenvalue weighted by Crippen LogP contribution is -2.46. The molecule has 1 amide bonds. The molecule has 0 saturated heterocycles. The van der Waals surface area contributed by atoms with Gasteiger partial charge < -0.3 is 9.64 Å². The minimum absolute atomic E-state index is 0.00430. The van der Waals surface area contributed by atoms with Gasteiger partial charge in [-0.15, -0.1) is 0 Å². The van der Waals surface area contributed by atoms with Crippen molar-refractivity contribution in [1.29, 1.82) is 0 Å². The normalized spacial score (nSPS) is 25.2. The standard InChI is InChI=1S/C18H21FN4O2/c1-22-8-13-9-23(18(24)12-5-15(19)6-12)10-14(17(13)21-22)11-25-16-3-2-4-20-7-16/h2-4,7-8,12,14-15H,5-6,9-11H2,1H3/t12?,14-,15?/m0/s1. The molecule has 0 bridgehead atoms. The van der Waals surface area contributed by atoms with Crippen molar-refractivity contribution in [2.75, 3.05) is 13.2 Å². The molecule has 0 spiro atoms. The van der Waals surface area contributed by atoms with E-state index in [0.717, 1.165) is 11.3 Å². The Balaban J connectivity index is 1.49. The molecule has 132 valence electrons. The molecule has 1 atom stereocenters. The minimum atomic E-state index is -0.822. The van der Waals surface area contributed by atoms with Gasteiger partial charge in [0, 0.05) is 44.0 Å². The number of hydrogen-bond acceptors (Lipinski definition) is 4. The quantitative estimate of drug-likeness (QED) is 0.852. The maximum atomic E-state index is 13.1. The molecule has 2 aromatic rings. The van der Waals surface area contributed by atoms with Crippen LogP contribution in [0.4, 0.5) is 4.39 Å². The zero-order valence-electron chi connectivity index (χ0n) is 14.1. The Bertz CT molecular complexity index is 758. The number of fused-ring (bicyclic) bond motifs is 1.